The third kappa shape index (κ3) is 18.8. The average Bonchev–Trinajstić information content (AvgIpc) is 0.764. The molecular formula is C81H88Cl2N10O23. The Labute approximate surface area is 673 Å². The number of aliphatic hydroxyl groups excluding tert-OH is 3. The number of aliphatic hydroxyl groups is 3. The Morgan fingerprint density at radius 2 is 1.21 bits per heavy atom. The molecule has 7 heterocycles. The summed E-state index contributed by atoms with van der Waals surface area (Å²) in [6, 6.07) is 6.90. The van der Waals surface area contributed by atoms with E-state index in [1.165, 1.54) is 61.6 Å². The molecule has 116 heavy (non-hydrogen) atoms. The zero-order valence-electron chi connectivity index (χ0n) is 63.1. The van der Waals surface area contributed by atoms with Gasteiger partial charge in [-0.1, -0.05) is 105 Å². The number of hydrogen-bond acceptors (Lipinski definition) is 24. The fraction of sp³-hybridized carbons (Fsp3) is 0.370. The van der Waals surface area contributed by atoms with Crippen molar-refractivity contribution >= 4 is 76.4 Å². The number of hydrogen-bond donors (Lipinski definition) is 18. The summed E-state index contributed by atoms with van der Waals surface area (Å²) in [7, 11) is 5.04. The van der Waals surface area contributed by atoms with Crippen molar-refractivity contribution in [1.82, 2.24) is 52.8 Å². The lowest BCUT2D eigenvalue weighted by atomic mass is 9.89. The molecule has 0 spiro atoms. The Hall–Kier alpha value is -11.7. The van der Waals surface area contributed by atoms with E-state index in [0.717, 1.165) is 99.2 Å². The minimum Gasteiger partial charge on any atom is -0.508 e. The Morgan fingerprint density at radius 1 is 0.569 bits per heavy atom. The van der Waals surface area contributed by atoms with Crippen LogP contribution < -0.4 is 66.8 Å². The van der Waals surface area contributed by atoms with Crippen molar-refractivity contribution in [2.24, 2.45) is 0 Å². The number of likely N-dealkylation sites (N-methyl/N-ethyl adjacent to an activating group) is 1. The van der Waals surface area contributed by atoms with Crippen LogP contribution in [0.1, 0.15) is 146 Å². The molecule has 35 heteroatoms. The molecule has 0 aliphatic carbocycles. The van der Waals surface area contributed by atoms with Crippen molar-refractivity contribution in [3.05, 3.63) is 164 Å². The first-order valence-corrected chi connectivity index (χ1v) is 38.4. The number of halogens is 2. The monoisotopic (exact) mass is 1640 g/mol. The number of nitrogens with one attached hydrogen (secondary N) is 9. The summed E-state index contributed by atoms with van der Waals surface area (Å²) in [5.41, 5.74) is -2.06. The number of ether oxygens (including phenoxy) is 5. The van der Waals surface area contributed by atoms with Gasteiger partial charge in [-0.3, -0.25) is 38.4 Å². The van der Waals surface area contributed by atoms with Crippen LogP contribution in [-0.2, 0) is 54.3 Å². The molecule has 7 aliphatic rings. The molecular weight excluding hydrogens is 1550 g/mol. The number of carboxylic acids is 1. The number of nitrogens with zero attached hydrogens (tertiary/aromatic N) is 1. The summed E-state index contributed by atoms with van der Waals surface area (Å²) in [4.78, 5) is 138. The van der Waals surface area contributed by atoms with E-state index in [1.807, 2.05) is 4.90 Å². The van der Waals surface area contributed by atoms with Gasteiger partial charge in [-0.05, 0) is 147 Å². The maximum Gasteiger partial charge on any atom is 0.335 e. The molecule has 614 valence electrons. The summed E-state index contributed by atoms with van der Waals surface area (Å²) < 4.78 is 32.3. The molecule has 1 fully saturated rings. The van der Waals surface area contributed by atoms with E-state index in [4.69, 9.17) is 46.9 Å². The standard InChI is InChI=1S/C81H88Cl2N10O23/c1-5-6-7-8-9-10-11-12-14-58(99)87-67-69(101)70(102)72(80(110)111)116-81(67)115-71-56-31-41-32-57(71)114-54-24-19-40(29-48(54)82)68(100)66-79(109)91-64(74(104)85-25-13-26-93(3)4)46-33-42(94)34-52(97)59(46)45-28-38(17-22-50(45)95)62(76(106)92-66)88-77(107)63(41)89-78(108)65-47-35-44(36-53(98)60(47)83)113-55-30-39(18-23-51(55)96)61(84-2)75(105)86-49(73(103)90-65)27-37-15-20-43(112-56)21-16-37/h15-24,28-36,49,61-70,72,81,84,94-98,100-102H,5-14,25-27H2,1-4H3,(H,85,104)(H,86,105)(H,87,99)(H,88,107)(H,89,108)(H,90,103)(H,91,109)(H,92,106)(H,110,111)/t49-,61+,62-,63-,64+,65+,66+,67-,68-,69-,70+,72+,81-/m1/s1. The number of fused-ring (bicyclic) bond motifs is 14. The SMILES string of the molecule is CCCCCCCCCCC(=O)N[C@H]1[C@H](Oc2c3cc4cc2Oc2ccc(cc2Cl)[C@@H](O)[C@@H]2NC(=O)[C@H](NC(=O)[C@@H]4NC(=O)[C@H]4NC(=O)[C@@H](Cc5ccc(cc5)O3)NC(=O)[C@@H](NC)c3ccc(O)c(c3)Oc3cc(O)c(Cl)c4c3)c3ccc(O)c(c3)-c3c(O)cc(O)cc3[C@@H](C(=O)NCCCN(C)C)NC2=O)O[C@H](C(=O)O)[C@@H](O)[C@@H]1O. The van der Waals surface area contributed by atoms with Gasteiger partial charge in [0.2, 0.25) is 59.3 Å². The number of rotatable bonds is 19. The average molecular weight is 1640 g/mol. The zero-order valence-corrected chi connectivity index (χ0v) is 64.6. The van der Waals surface area contributed by atoms with Crippen molar-refractivity contribution in [2.75, 3.05) is 34.2 Å². The molecule has 17 bridgehead atoms. The number of carbonyl (C=O) groups excluding carboxylic acids is 8. The highest BCUT2D eigenvalue weighted by molar-refractivity contribution is 6.33. The third-order valence-corrected chi connectivity index (χ3v) is 21.2. The fourth-order valence-electron chi connectivity index (χ4n) is 14.4. The third-order valence-electron chi connectivity index (χ3n) is 20.5. The normalized spacial score (nSPS) is 23.2. The molecule has 8 amide bonds. The summed E-state index contributed by atoms with van der Waals surface area (Å²) in [6.45, 7) is 2.58. The highest BCUT2D eigenvalue weighted by Gasteiger charge is 2.51. The van der Waals surface area contributed by atoms with Gasteiger partial charge in [0.05, 0.1) is 10.0 Å². The molecule has 7 aromatic carbocycles. The number of amides is 8. The Kier molecular flexibility index (Phi) is 26.3. The van der Waals surface area contributed by atoms with E-state index >= 15 is 24.0 Å². The minimum absolute atomic E-state index is 0.00106. The van der Waals surface area contributed by atoms with Crippen molar-refractivity contribution < 1.29 is 113 Å². The predicted octanol–water partition coefficient (Wildman–Crippen LogP) is 6.45. The molecule has 18 N–H and O–H groups in total. The van der Waals surface area contributed by atoms with Crippen LogP contribution in [0.2, 0.25) is 10.0 Å². The summed E-state index contributed by atoms with van der Waals surface area (Å²) in [6.07, 6.45) is -4.21. The summed E-state index contributed by atoms with van der Waals surface area (Å²) in [5.74, 6) is -17.1. The van der Waals surface area contributed by atoms with Crippen LogP contribution in [0.3, 0.4) is 0 Å². The maximum absolute atomic E-state index is 16.5. The molecule has 0 aromatic heterocycles. The van der Waals surface area contributed by atoms with Gasteiger partial charge < -0.3 is 122 Å². The van der Waals surface area contributed by atoms with Gasteiger partial charge in [0.15, 0.2) is 29.1 Å². The second-order valence-corrected chi connectivity index (χ2v) is 29.9. The molecule has 1 saturated heterocycles. The molecule has 33 nitrogen and oxygen atoms in total. The number of aliphatic carboxylic acids is 1. The highest BCUT2D eigenvalue weighted by Crippen LogP contribution is 2.50. The minimum atomic E-state index is -2.37. The molecule has 0 saturated carbocycles. The van der Waals surface area contributed by atoms with E-state index in [-0.39, 0.29) is 70.2 Å². The van der Waals surface area contributed by atoms with Gasteiger partial charge in [0, 0.05) is 48.2 Å². The van der Waals surface area contributed by atoms with Gasteiger partial charge in [-0.25, -0.2) is 4.79 Å². The fourth-order valence-corrected chi connectivity index (χ4v) is 14.9. The number of carboxylic acid groups (broad SMARTS) is 1. The van der Waals surface area contributed by atoms with Crippen LogP contribution in [0.15, 0.2) is 115 Å². The van der Waals surface area contributed by atoms with E-state index in [2.05, 4.69) is 54.8 Å². The van der Waals surface area contributed by atoms with Gasteiger partial charge in [0.1, 0.15) is 107 Å². The van der Waals surface area contributed by atoms with Crippen molar-refractivity contribution in [1.29, 1.82) is 0 Å². The molecule has 0 radical (unpaired) electrons. The van der Waals surface area contributed by atoms with Crippen molar-refractivity contribution in [3.8, 4) is 80.1 Å². The van der Waals surface area contributed by atoms with Crippen LogP contribution in [-0.4, -0.2) is 181 Å². The first kappa shape index (κ1) is 83.7. The van der Waals surface area contributed by atoms with Crippen LogP contribution in [0.4, 0.5) is 0 Å². The predicted molar refractivity (Wildman–Crippen MR) is 415 cm³/mol. The number of phenolic OH excluding ortho intramolecular Hbond substituents is 5. The van der Waals surface area contributed by atoms with Gasteiger partial charge in [-0.15, -0.1) is 0 Å². The number of carbonyl (C=O) groups is 9. The van der Waals surface area contributed by atoms with Crippen LogP contribution >= 0.6 is 23.2 Å². The number of unbranched alkanes of at least 4 members (excludes halogenated alkanes) is 7. The lowest BCUT2D eigenvalue weighted by Crippen LogP contribution is -2.66. The molecule has 0 unspecified atom stereocenters. The highest BCUT2D eigenvalue weighted by atomic mass is 35.5. The first-order chi connectivity index (χ1) is 55.5. The largest absolute Gasteiger partial charge is 0.508 e. The lowest BCUT2D eigenvalue weighted by molar-refractivity contribution is -0.241. The second-order valence-electron chi connectivity index (χ2n) is 29.1. The first-order valence-electron chi connectivity index (χ1n) is 37.6. The van der Waals surface area contributed by atoms with Crippen LogP contribution in [0.5, 0.6) is 69.0 Å². The molecule has 14 rings (SSSR count). The maximum atomic E-state index is 16.5. The molecule has 13 atom stereocenters. The Balaban J connectivity index is 1.09. The smallest absolute Gasteiger partial charge is 0.335 e. The Bertz CT molecular complexity index is 4940. The van der Waals surface area contributed by atoms with Crippen molar-refractivity contribution in [2.45, 2.75) is 157 Å². The van der Waals surface area contributed by atoms with Crippen molar-refractivity contribution in [3.63, 3.8) is 0 Å². The lowest BCUT2D eigenvalue weighted by Gasteiger charge is -2.41. The van der Waals surface area contributed by atoms with E-state index in [0.29, 0.717) is 31.4 Å². The quantitative estimate of drug-likeness (QED) is 0.0387. The van der Waals surface area contributed by atoms with Crippen LogP contribution in [0, 0.1) is 0 Å². The van der Waals surface area contributed by atoms with E-state index < -0.39 is 205 Å². The number of benzene rings is 7. The second kappa shape index (κ2) is 36.4. The van der Waals surface area contributed by atoms with Gasteiger partial charge in [-0.2, -0.15) is 0 Å². The topological polar surface area (TPSA) is 493 Å². The molecule has 7 aliphatic heterocycles. The summed E-state index contributed by atoms with van der Waals surface area (Å²) in [5, 5.41) is 128. The van der Waals surface area contributed by atoms with Crippen LogP contribution in [0.25, 0.3) is 11.1 Å². The Morgan fingerprint density at radius 3 is 1.91 bits per heavy atom. The number of aromatic hydroxyl groups is 5. The number of phenols is 5. The zero-order chi connectivity index (χ0) is 83.1. The van der Waals surface area contributed by atoms with E-state index in [1.54, 1.807) is 14.1 Å². The molecule has 7 aromatic rings. The van der Waals surface area contributed by atoms with Gasteiger partial charge >= 0.3 is 5.97 Å². The van der Waals surface area contributed by atoms with Gasteiger partial charge in [0.25, 0.3) is 0 Å². The van der Waals surface area contributed by atoms with E-state index in [9.17, 15) is 65.1 Å². The summed E-state index contributed by atoms with van der Waals surface area (Å²) >= 11 is 14.2.